The van der Waals surface area contributed by atoms with Crippen molar-refractivity contribution in [1.29, 1.82) is 0 Å². The zero-order valence-corrected chi connectivity index (χ0v) is 15.8. The molecule has 1 aromatic heterocycles. The van der Waals surface area contributed by atoms with Gasteiger partial charge in [-0.25, -0.2) is 9.97 Å². The predicted octanol–water partition coefficient (Wildman–Crippen LogP) is 4.24. The van der Waals surface area contributed by atoms with Crippen LogP contribution in [0.25, 0.3) is 11.3 Å². The molecule has 4 heteroatoms. The van der Waals surface area contributed by atoms with Crippen LogP contribution in [-0.4, -0.2) is 30.1 Å². The highest BCUT2D eigenvalue weighted by molar-refractivity contribution is 5.72. The molecule has 0 radical (unpaired) electrons. The van der Waals surface area contributed by atoms with Gasteiger partial charge < -0.3 is 10.6 Å². The molecule has 0 aliphatic heterocycles. The van der Waals surface area contributed by atoms with Crippen LogP contribution in [0.15, 0.2) is 60.8 Å². The van der Waals surface area contributed by atoms with Crippen molar-refractivity contribution >= 4 is 5.95 Å². The number of rotatable bonds is 7. The summed E-state index contributed by atoms with van der Waals surface area (Å²) >= 11 is 0. The second-order valence-corrected chi connectivity index (χ2v) is 7.06. The van der Waals surface area contributed by atoms with Gasteiger partial charge in [0.1, 0.15) is 0 Å². The summed E-state index contributed by atoms with van der Waals surface area (Å²) in [5, 5.41) is 6.55. The molecule has 1 aliphatic rings. The van der Waals surface area contributed by atoms with Crippen LogP contribution in [0.5, 0.6) is 0 Å². The molecule has 1 heterocycles. The van der Waals surface area contributed by atoms with Gasteiger partial charge in [-0.3, -0.25) is 0 Å². The average Bonchev–Trinajstić information content (AvgIpc) is 2.74. The van der Waals surface area contributed by atoms with E-state index in [1.54, 1.807) is 0 Å². The maximum atomic E-state index is 4.86. The monoisotopic (exact) mass is 358 g/mol. The Morgan fingerprint density at radius 1 is 0.963 bits per heavy atom. The molecule has 0 fully saturated rings. The van der Waals surface area contributed by atoms with Gasteiger partial charge in [0.15, 0.2) is 0 Å². The van der Waals surface area contributed by atoms with E-state index >= 15 is 0 Å². The van der Waals surface area contributed by atoms with Gasteiger partial charge in [-0.05, 0) is 49.5 Å². The van der Waals surface area contributed by atoms with Crippen LogP contribution in [0, 0.1) is 0 Å². The third-order valence-corrected chi connectivity index (χ3v) is 5.22. The Labute approximate surface area is 161 Å². The van der Waals surface area contributed by atoms with Crippen molar-refractivity contribution in [3.63, 3.8) is 0 Å². The molecular weight excluding hydrogens is 332 g/mol. The van der Waals surface area contributed by atoms with Crippen LogP contribution in [0.1, 0.15) is 35.4 Å². The minimum Gasteiger partial charge on any atom is -0.354 e. The van der Waals surface area contributed by atoms with E-state index in [1.807, 2.05) is 13.2 Å². The fraction of sp³-hybridized carbons (Fsp3) is 0.304. The number of aromatic nitrogens is 2. The third-order valence-electron chi connectivity index (χ3n) is 5.22. The maximum Gasteiger partial charge on any atom is 0.223 e. The quantitative estimate of drug-likeness (QED) is 0.620. The van der Waals surface area contributed by atoms with Crippen molar-refractivity contribution in [1.82, 2.24) is 15.3 Å². The zero-order valence-electron chi connectivity index (χ0n) is 15.8. The summed E-state index contributed by atoms with van der Waals surface area (Å²) in [6.45, 7) is 1.94. The number of unbranched alkanes of at least 4 members (excludes halogenated alkanes) is 1. The third kappa shape index (κ3) is 3.86. The van der Waals surface area contributed by atoms with Gasteiger partial charge in [0.2, 0.25) is 5.95 Å². The van der Waals surface area contributed by atoms with E-state index in [2.05, 4.69) is 70.2 Å². The van der Waals surface area contributed by atoms with Crippen molar-refractivity contribution in [3.8, 4) is 11.3 Å². The first-order chi connectivity index (χ1) is 13.4. The lowest BCUT2D eigenvalue weighted by atomic mass is 9.78. The largest absolute Gasteiger partial charge is 0.354 e. The molecule has 1 unspecified atom stereocenters. The highest BCUT2D eigenvalue weighted by Crippen LogP contribution is 2.41. The molecule has 4 nitrogen and oxygen atoms in total. The van der Waals surface area contributed by atoms with Gasteiger partial charge in [0.05, 0.1) is 5.69 Å². The van der Waals surface area contributed by atoms with Gasteiger partial charge in [-0.15, -0.1) is 0 Å². The van der Waals surface area contributed by atoms with Crippen molar-refractivity contribution in [2.75, 3.05) is 25.5 Å². The Kier molecular flexibility index (Phi) is 5.45. The number of benzene rings is 2. The molecular formula is C23H26N4. The van der Waals surface area contributed by atoms with Gasteiger partial charge in [0, 0.05) is 24.2 Å². The van der Waals surface area contributed by atoms with Crippen LogP contribution >= 0.6 is 0 Å². The minimum atomic E-state index is 0.360. The molecule has 0 saturated heterocycles. The van der Waals surface area contributed by atoms with Crippen molar-refractivity contribution in [3.05, 3.63) is 77.5 Å². The number of nitrogens with zero attached hydrogens (tertiary/aromatic N) is 2. The number of fused-ring (bicyclic) bond motifs is 3. The van der Waals surface area contributed by atoms with E-state index in [0.717, 1.165) is 44.0 Å². The first-order valence-electron chi connectivity index (χ1n) is 9.75. The van der Waals surface area contributed by atoms with E-state index in [1.165, 1.54) is 22.3 Å². The topological polar surface area (TPSA) is 49.8 Å². The molecule has 0 spiro atoms. The Balaban J connectivity index is 1.60. The zero-order chi connectivity index (χ0) is 18.5. The summed E-state index contributed by atoms with van der Waals surface area (Å²) in [6.07, 6.45) is 5.20. The molecule has 4 rings (SSSR count). The summed E-state index contributed by atoms with van der Waals surface area (Å²) in [7, 11) is 1.99. The SMILES string of the molecule is CNCCCCNc1ncc2c(n1)-c1ccccc1C(c1ccccc1)C2. The number of anilines is 1. The fourth-order valence-corrected chi connectivity index (χ4v) is 3.83. The molecule has 1 atom stereocenters. The van der Waals surface area contributed by atoms with Crippen LogP contribution in [0.4, 0.5) is 5.95 Å². The van der Waals surface area contributed by atoms with Crippen LogP contribution in [-0.2, 0) is 6.42 Å². The molecule has 1 aliphatic carbocycles. The molecule has 2 aromatic carbocycles. The molecule has 0 bridgehead atoms. The molecule has 0 amide bonds. The van der Waals surface area contributed by atoms with Crippen molar-refractivity contribution < 1.29 is 0 Å². The van der Waals surface area contributed by atoms with Crippen LogP contribution in [0.2, 0.25) is 0 Å². The summed E-state index contributed by atoms with van der Waals surface area (Å²) in [5.74, 6) is 1.09. The van der Waals surface area contributed by atoms with Gasteiger partial charge in [-0.1, -0.05) is 54.6 Å². The van der Waals surface area contributed by atoms with E-state index in [4.69, 9.17) is 4.98 Å². The lowest BCUT2D eigenvalue weighted by Crippen LogP contribution is -2.16. The standard InChI is InChI=1S/C23H26N4/c1-24-13-7-8-14-25-23-26-16-18-15-21(17-9-3-2-4-10-17)19-11-5-6-12-20(19)22(18)27-23/h2-6,9-12,16,21,24H,7-8,13-15H2,1H3,(H,25,26,27). The molecule has 2 N–H and O–H groups in total. The second-order valence-electron chi connectivity index (χ2n) is 7.06. The maximum absolute atomic E-state index is 4.86. The number of nitrogens with one attached hydrogen (secondary N) is 2. The van der Waals surface area contributed by atoms with Gasteiger partial charge in [-0.2, -0.15) is 0 Å². The van der Waals surface area contributed by atoms with Crippen LogP contribution in [0.3, 0.4) is 0 Å². The fourth-order valence-electron chi connectivity index (χ4n) is 3.83. The molecule has 0 saturated carbocycles. The Morgan fingerprint density at radius 3 is 2.59 bits per heavy atom. The second kappa shape index (κ2) is 8.31. The van der Waals surface area contributed by atoms with Gasteiger partial charge in [0.25, 0.3) is 0 Å². The molecule has 138 valence electrons. The summed E-state index contributed by atoms with van der Waals surface area (Å²) in [6, 6.07) is 19.4. The Morgan fingerprint density at radius 2 is 1.74 bits per heavy atom. The highest BCUT2D eigenvalue weighted by atomic mass is 15.1. The van der Waals surface area contributed by atoms with E-state index in [0.29, 0.717) is 5.92 Å². The lowest BCUT2D eigenvalue weighted by molar-refractivity contribution is 0.692. The summed E-state index contributed by atoms with van der Waals surface area (Å²) in [5.41, 5.74) is 6.24. The summed E-state index contributed by atoms with van der Waals surface area (Å²) < 4.78 is 0. The van der Waals surface area contributed by atoms with Crippen molar-refractivity contribution in [2.24, 2.45) is 0 Å². The normalized spacial score (nSPS) is 15.1. The van der Waals surface area contributed by atoms with E-state index < -0.39 is 0 Å². The molecule has 27 heavy (non-hydrogen) atoms. The van der Waals surface area contributed by atoms with Crippen LogP contribution < -0.4 is 10.6 Å². The smallest absolute Gasteiger partial charge is 0.223 e. The first-order valence-corrected chi connectivity index (χ1v) is 9.75. The first kappa shape index (κ1) is 17.7. The highest BCUT2D eigenvalue weighted by Gasteiger charge is 2.27. The number of hydrogen-bond acceptors (Lipinski definition) is 4. The molecule has 3 aromatic rings. The van der Waals surface area contributed by atoms with E-state index in [9.17, 15) is 0 Å². The average molecular weight is 358 g/mol. The van der Waals surface area contributed by atoms with Gasteiger partial charge >= 0.3 is 0 Å². The Hall–Kier alpha value is -2.72. The minimum absolute atomic E-state index is 0.360. The number of hydrogen-bond donors (Lipinski definition) is 2. The summed E-state index contributed by atoms with van der Waals surface area (Å²) in [4.78, 5) is 9.44. The lowest BCUT2D eigenvalue weighted by Gasteiger charge is -2.27. The van der Waals surface area contributed by atoms with E-state index in [-0.39, 0.29) is 0 Å². The Bertz CT molecular complexity index is 892. The van der Waals surface area contributed by atoms with Crippen molar-refractivity contribution in [2.45, 2.75) is 25.2 Å². The predicted molar refractivity (Wildman–Crippen MR) is 111 cm³/mol.